The molecular weight excluding hydrogens is 374 g/mol. The first kappa shape index (κ1) is 18.3. The van der Waals surface area contributed by atoms with Crippen LogP contribution in [-0.2, 0) is 4.79 Å². The molecule has 0 unspecified atom stereocenters. The normalized spacial score (nSPS) is 12.3. The number of carbonyl (C=O) groups is 1. The summed E-state index contributed by atoms with van der Waals surface area (Å²) in [4.78, 5) is 12.9. The molecule has 0 radical (unpaired) electrons. The lowest BCUT2D eigenvalue weighted by Gasteiger charge is -2.18. The minimum atomic E-state index is -0.595. The summed E-state index contributed by atoms with van der Waals surface area (Å²) in [5.41, 5.74) is 2.27. The zero-order chi connectivity index (χ0) is 20.5. The summed E-state index contributed by atoms with van der Waals surface area (Å²) >= 11 is 0. The molecule has 0 saturated carbocycles. The lowest BCUT2D eigenvalue weighted by molar-refractivity contribution is -0.122. The maximum atomic E-state index is 12.9. The molecule has 4 heteroatoms. The number of furan rings is 1. The molecule has 4 nitrogen and oxygen atoms in total. The summed E-state index contributed by atoms with van der Waals surface area (Å²) in [5.74, 6) is 0.531. The van der Waals surface area contributed by atoms with Crippen LogP contribution in [0.2, 0.25) is 0 Å². The van der Waals surface area contributed by atoms with Gasteiger partial charge >= 0.3 is 0 Å². The molecule has 5 aromatic rings. The van der Waals surface area contributed by atoms with Gasteiger partial charge in [-0.25, -0.2) is 0 Å². The van der Waals surface area contributed by atoms with Gasteiger partial charge in [0.15, 0.2) is 6.10 Å². The van der Waals surface area contributed by atoms with Crippen LogP contribution in [0.25, 0.3) is 32.7 Å². The minimum absolute atomic E-state index is 0.180. The fraction of sp³-hybridized carbons (Fsp3) is 0.115. The van der Waals surface area contributed by atoms with Gasteiger partial charge in [-0.15, -0.1) is 0 Å². The highest BCUT2D eigenvalue weighted by atomic mass is 16.5. The van der Waals surface area contributed by atoms with Gasteiger partial charge in [0.25, 0.3) is 5.91 Å². The van der Waals surface area contributed by atoms with Crippen molar-refractivity contribution < 1.29 is 13.9 Å². The van der Waals surface area contributed by atoms with E-state index in [9.17, 15) is 4.79 Å². The Morgan fingerprint density at radius 1 is 0.867 bits per heavy atom. The van der Waals surface area contributed by atoms with Crippen molar-refractivity contribution >= 4 is 44.3 Å². The van der Waals surface area contributed by atoms with Gasteiger partial charge in [-0.05, 0) is 36.1 Å². The van der Waals surface area contributed by atoms with E-state index in [1.807, 2.05) is 91.9 Å². The van der Waals surface area contributed by atoms with Crippen LogP contribution in [0.4, 0.5) is 5.69 Å². The van der Waals surface area contributed by atoms with Crippen molar-refractivity contribution in [2.45, 2.75) is 19.4 Å². The van der Waals surface area contributed by atoms with E-state index in [0.717, 1.165) is 32.7 Å². The van der Waals surface area contributed by atoms with Gasteiger partial charge in [0.1, 0.15) is 16.9 Å². The predicted molar refractivity (Wildman–Crippen MR) is 121 cm³/mol. The lowest BCUT2D eigenvalue weighted by Crippen LogP contribution is -2.32. The van der Waals surface area contributed by atoms with E-state index in [1.165, 1.54) is 0 Å². The van der Waals surface area contributed by atoms with Gasteiger partial charge in [-0.2, -0.15) is 0 Å². The number of rotatable bonds is 5. The van der Waals surface area contributed by atoms with Gasteiger partial charge < -0.3 is 14.5 Å². The molecule has 0 aliphatic heterocycles. The number of hydrogen-bond donors (Lipinski definition) is 1. The predicted octanol–water partition coefficient (Wildman–Crippen LogP) is 6.54. The number of benzene rings is 4. The van der Waals surface area contributed by atoms with Crippen molar-refractivity contribution in [2.24, 2.45) is 0 Å². The van der Waals surface area contributed by atoms with Gasteiger partial charge in [-0.1, -0.05) is 61.5 Å². The topological polar surface area (TPSA) is 51.5 Å². The van der Waals surface area contributed by atoms with Gasteiger partial charge in [0.05, 0.1) is 0 Å². The number of anilines is 1. The van der Waals surface area contributed by atoms with Crippen molar-refractivity contribution in [3.8, 4) is 5.75 Å². The zero-order valence-corrected chi connectivity index (χ0v) is 16.6. The summed E-state index contributed by atoms with van der Waals surface area (Å²) in [6.07, 6.45) is -0.0377. The molecule has 0 bridgehead atoms. The molecule has 5 rings (SSSR count). The fourth-order valence-electron chi connectivity index (χ4n) is 3.80. The minimum Gasteiger partial charge on any atom is -0.480 e. The number of para-hydroxylation sites is 1. The van der Waals surface area contributed by atoms with Crippen LogP contribution >= 0.6 is 0 Å². The van der Waals surface area contributed by atoms with Gasteiger partial charge in [0, 0.05) is 27.9 Å². The highest BCUT2D eigenvalue weighted by molar-refractivity contribution is 6.06. The Morgan fingerprint density at radius 2 is 1.60 bits per heavy atom. The van der Waals surface area contributed by atoms with Gasteiger partial charge in [-0.3, -0.25) is 4.79 Å². The van der Waals surface area contributed by atoms with Crippen molar-refractivity contribution in [3.63, 3.8) is 0 Å². The Labute approximate surface area is 174 Å². The van der Waals surface area contributed by atoms with Crippen molar-refractivity contribution in [1.29, 1.82) is 0 Å². The second kappa shape index (κ2) is 7.56. The van der Waals surface area contributed by atoms with Crippen LogP contribution in [0.15, 0.2) is 89.3 Å². The lowest BCUT2D eigenvalue weighted by atomic mass is 10.1. The number of ether oxygens (including phenoxy) is 1. The molecule has 1 aromatic heterocycles. The molecule has 148 valence electrons. The molecule has 0 aliphatic rings. The van der Waals surface area contributed by atoms with Crippen LogP contribution < -0.4 is 10.1 Å². The summed E-state index contributed by atoms with van der Waals surface area (Å²) in [6, 6.07) is 27.5. The summed E-state index contributed by atoms with van der Waals surface area (Å²) in [6.45, 7) is 1.94. The maximum Gasteiger partial charge on any atom is 0.265 e. The van der Waals surface area contributed by atoms with Crippen molar-refractivity contribution in [1.82, 2.24) is 0 Å². The second-order valence-corrected chi connectivity index (χ2v) is 7.29. The van der Waals surface area contributed by atoms with Crippen LogP contribution in [0.5, 0.6) is 5.75 Å². The van der Waals surface area contributed by atoms with Crippen LogP contribution in [0.1, 0.15) is 13.3 Å². The third-order valence-electron chi connectivity index (χ3n) is 5.33. The Morgan fingerprint density at radius 3 is 2.47 bits per heavy atom. The number of hydrogen-bond acceptors (Lipinski definition) is 3. The van der Waals surface area contributed by atoms with Crippen molar-refractivity contribution in [3.05, 3.63) is 84.9 Å². The van der Waals surface area contributed by atoms with E-state index in [4.69, 9.17) is 9.15 Å². The maximum absolute atomic E-state index is 12.9. The molecule has 1 N–H and O–H groups in total. The molecule has 4 aromatic carbocycles. The Bertz CT molecular complexity index is 1360. The molecule has 0 saturated heterocycles. The molecule has 1 amide bonds. The first-order valence-corrected chi connectivity index (χ1v) is 10.1. The summed E-state index contributed by atoms with van der Waals surface area (Å²) in [5, 5.41) is 7.15. The third-order valence-corrected chi connectivity index (χ3v) is 5.33. The second-order valence-electron chi connectivity index (χ2n) is 7.29. The highest BCUT2D eigenvalue weighted by Crippen LogP contribution is 2.31. The average molecular weight is 395 g/mol. The van der Waals surface area contributed by atoms with Crippen LogP contribution in [-0.4, -0.2) is 12.0 Å². The summed E-state index contributed by atoms with van der Waals surface area (Å²) in [7, 11) is 0. The number of fused-ring (bicyclic) bond motifs is 4. The molecule has 0 spiro atoms. The fourth-order valence-corrected chi connectivity index (χ4v) is 3.80. The molecule has 30 heavy (non-hydrogen) atoms. The van der Waals surface area contributed by atoms with E-state index in [2.05, 4.69) is 5.32 Å². The van der Waals surface area contributed by atoms with E-state index in [-0.39, 0.29) is 5.91 Å². The first-order chi connectivity index (χ1) is 14.7. The quantitative estimate of drug-likeness (QED) is 0.368. The standard InChI is InChI=1S/C26H21NO3/c1-2-22(29-23-13-7-9-17-8-3-4-10-19(17)23)26(28)27-18-14-15-21-20-11-5-6-12-24(20)30-25(21)16-18/h3-16,22H,2H2,1H3,(H,27,28)/t22-/m0/s1. The third kappa shape index (κ3) is 3.26. The molecule has 0 aliphatic carbocycles. The first-order valence-electron chi connectivity index (χ1n) is 10.1. The Hall–Kier alpha value is -3.79. The van der Waals surface area contributed by atoms with E-state index in [1.54, 1.807) is 0 Å². The molecule has 0 fully saturated rings. The highest BCUT2D eigenvalue weighted by Gasteiger charge is 2.20. The molecule has 1 heterocycles. The number of nitrogens with one attached hydrogen (secondary N) is 1. The monoisotopic (exact) mass is 395 g/mol. The van der Waals surface area contributed by atoms with Crippen LogP contribution in [0.3, 0.4) is 0 Å². The number of carbonyl (C=O) groups excluding carboxylic acids is 1. The Balaban J connectivity index is 1.39. The average Bonchev–Trinajstić information content (AvgIpc) is 3.15. The number of amides is 1. The molecule has 1 atom stereocenters. The smallest absolute Gasteiger partial charge is 0.265 e. The Kier molecular flexibility index (Phi) is 4.60. The van der Waals surface area contributed by atoms with E-state index in [0.29, 0.717) is 17.9 Å². The SMILES string of the molecule is CC[C@H](Oc1cccc2ccccc12)C(=O)Nc1ccc2c(c1)oc1ccccc12. The van der Waals surface area contributed by atoms with Crippen molar-refractivity contribution in [2.75, 3.05) is 5.32 Å². The van der Waals surface area contributed by atoms with Gasteiger partial charge in [0.2, 0.25) is 0 Å². The van der Waals surface area contributed by atoms with E-state index < -0.39 is 6.10 Å². The summed E-state index contributed by atoms with van der Waals surface area (Å²) < 4.78 is 12.0. The molecular formula is C26H21NO3. The largest absolute Gasteiger partial charge is 0.480 e. The van der Waals surface area contributed by atoms with E-state index >= 15 is 0 Å². The zero-order valence-electron chi connectivity index (χ0n) is 16.6. The van der Waals surface area contributed by atoms with Crippen LogP contribution in [0, 0.1) is 0 Å².